The Morgan fingerprint density at radius 1 is 1.08 bits per heavy atom. The van der Waals surface area contributed by atoms with Crippen molar-refractivity contribution < 1.29 is 22.4 Å². The Morgan fingerprint density at radius 3 is 2.42 bits per heavy atom. The van der Waals surface area contributed by atoms with Gasteiger partial charge in [-0.25, -0.2) is 13.1 Å². The summed E-state index contributed by atoms with van der Waals surface area (Å²) >= 11 is 0. The highest BCUT2D eigenvalue weighted by Crippen LogP contribution is 2.17. The average molecular weight is 373 g/mol. The van der Waals surface area contributed by atoms with E-state index < -0.39 is 21.4 Å². The van der Waals surface area contributed by atoms with Gasteiger partial charge < -0.3 is 9.15 Å². The molecular formula is C18H15NO6S. The Balaban J connectivity index is 1.92. The van der Waals surface area contributed by atoms with Crippen molar-refractivity contribution in [1.82, 2.24) is 4.72 Å². The largest absolute Gasteiger partial charge is 0.497 e. The monoisotopic (exact) mass is 373 g/mol. The summed E-state index contributed by atoms with van der Waals surface area (Å²) in [5.74, 6) is -0.935. The zero-order valence-electron chi connectivity index (χ0n) is 14.0. The van der Waals surface area contributed by atoms with Crippen molar-refractivity contribution in [2.45, 2.75) is 11.8 Å². The van der Waals surface area contributed by atoms with E-state index in [0.717, 1.165) is 11.6 Å². The predicted molar refractivity (Wildman–Crippen MR) is 94.9 cm³/mol. The summed E-state index contributed by atoms with van der Waals surface area (Å²) in [6.07, 6.45) is 0. The number of rotatable bonds is 4. The number of benzene rings is 2. The van der Waals surface area contributed by atoms with Crippen LogP contribution < -0.4 is 14.9 Å². The highest BCUT2D eigenvalue weighted by Gasteiger charge is 2.21. The molecular weight excluding hydrogens is 358 g/mol. The Morgan fingerprint density at radius 2 is 1.77 bits per heavy atom. The molecule has 0 bridgehead atoms. The molecule has 0 spiro atoms. The number of sulfonamides is 1. The first-order valence-corrected chi connectivity index (χ1v) is 9.04. The van der Waals surface area contributed by atoms with Crippen molar-refractivity contribution in [3.8, 4) is 5.75 Å². The normalized spacial score (nSPS) is 11.3. The van der Waals surface area contributed by atoms with E-state index in [1.165, 1.54) is 31.4 Å². The number of amides is 1. The Bertz CT molecular complexity index is 1150. The zero-order valence-corrected chi connectivity index (χ0v) is 14.8. The number of carbonyl (C=O) groups is 1. The van der Waals surface area contributed by atoms with Gasteiger partial charge >= 0.3 is 5.91 Å². The van der Waals surface area contributed by atoms with Gasteiger partial charge in [0.25, 0.3) is 10.0 Å². The molecule has 8 heteroatoms. The highest BCUT2D eigenvalue weighted by molar-refractivity contribution is 7.90. The maximum absolute atomic E-state index is 12.3. The Kier molecular flexibility index (Phi) is 4.52. The molecule has 0 fully saturated rings. The predicted octanol–water partition coefficient (Wildman–Crippen LogP) is 2.23. The van der Waals surface area contributed by atoms with Crippen LogP contribution in [0.2, 0.25) is 0 Å². The minimum absolute atomic E-state index is 0.120. The van der Waals surface area contributed by atoms with Crippen molar-refractivity contribution in [3.05, 3.63) is 70.1 Å². The lowest BCUT2D eigenvalue weighted by molar-refractivity contribution is 0.0955. The van der Waals surface area contributed by atoms with Gasteiger partial charge in [-0.05, 0) is 43.3 Å². The minimum Gasteiger partial charge on any atom is -0.497 e. The van der Waals surface area contributed by atoms with Crippen LogP contribution in [0.3, 0.4) is 0 Å². The molecule has 0 saturated heterocycles. The molecule has 1 aromatic heterocycles. The lowest BCUT2D eigenvalue weighted by atomic mass is 10.1. The van der Waals surface area contributed by atoms with Crippen LogP contribution in [0.15, 0.2) is 62.6 Å². The van der Waals surface area contributed by atoms with Crippen LogP contribution in [0.1, 0.15) is 16.1 Å². The molecule has 0 atom stereocenters. The quantitative estimate of drug-likeness (QED) is 0.752. The fraction of sp³-hybridized carbons (Fsp3) is 0.111. The lowest BCUT2D eigenvalue weighted by Gasteiger charge is -2.08. The Labute approximate surface area is 149 Å². The number of ether oxygens (including phenoxy) is 1. The van der Waals surface area contributed by atoms with Crippen molar-refractivity contribution in [2.24, 2.45) is 0 Å². The smallest absolute Gasteiger partial charge is 0.300 e. The van der Waals surface area contributed by atoms with Gasteiger partial charge in [-0.2, -0.15) is 0 Å². The summed E-state index contributed by atoms with van der Waals surface area (Å²) in [7, 11) is -2.67. The second kappa shape index (κ2) is 6.64. The molecule has 0 radical (unpaired) electrons. The number of hydrogen-bond acceptors (Lipinski definition) is 6. The van der Waals surface area contributed by atoms with Gasteiger partial charge in [-0.1, -0.05) is 11.6 Å². The SMILES string of the molecule is COc1ccc(S(=O)(=O)NC(=O)c2cc(=O)c3cc(C)ccc3o2)cc1. The molecule has 3 rings (SSSR count). The number of fused-ring (bicyclic) bond motifs is 1. The third-order valence-electron chi connectivity index (χ3n) is 3.70. The second-order valence-electron chi connectivity index (χ2n) is 5.58. The van der Waals surface area contributed by atoms with Crippen molar-refractivity contribution in [3.63, 3.8) is 0 Å². The molecule has 134 valence electrons. The molecule has 0 aliphatic rings. The van der Waals surface area contributed by atoms with Crippen molar-refractivity contribution in [2.75, 3.05) is 7.11 Å². The molecule has 0 saturated carbocycles. The van der Waals surface area contributed by atoms with E-state index in [1.807, 2.05) is 11.6 Å². The summed E-state index contributed by atoms with van der Waals surface area (Å²) < 4.78 is 36.9. The van der Waals surface area contributed by atoms with E-state index in [4.69, 9.17) is 9.15 Å². The molecule has 26 heavy (non-hydrogen) atoms. The molecule has 1 heterocycles. The molecule has 3 aromatic rings. The van der Waals surface area contributed by atoms with Gasteiger partial charge in [0.1, 0.15) is 11.3 Å². The second-order valence-corrected chi connectivity index (χ2v) is 7.27. The number of nitrogens with one attached hydrogen (secondary N) is 1. The molecule has 1 amide bonds. The van der Waals surface area contributed by atoms with Crippen LogP contribution in [-0.4, -0.2) is 21.4 Å². The first kappa shape index (κ1) is 17.7. The standard InChI is InChI=1S/C18H15NO6S/c1-11-3-8-16-14(9-11)15(20)10-17(25-16)18(21)19-26(22,23)13-6-4-12(24-2)5-7-13/h3-10H,1-2H3,(H,19,21). The molecule has 7 nitrogen and oxygen atoms in total. The molecule has 0 aliphatic heterocycles. The van der Waals surface area contributed by atoms with Crippen LogP contribution in [-0.2, 0) is 10.0 Å². The zero-order chi connectivity index (χ0) is 18.9. The van der Waals surface area contributed by atoms with Crippen LogP contribution in [0.4, 0.5) is 0 Å². The average Bonchev–Trinajstić information content (AvgIpc) is 2.62. The van der Waals surface area contributed by atoms with Gasteiger partial charge in [0, 0.05) is 6.07 Å². The van der Waals surface area contributed by atoms with E-state index in [1.54, 1.807) is 18.2 Å². The third-order valence-corrected chi connectivity index (χ3v) is 5.05. The lowest BCUT2D eigenvalue weighted by Crippen LogP contribution is -2.31. The summed E-state index contributed by atoms with van der Waals surface area (Å²) in [6, 6.07) is 11.4. The van der Waals surface area contributed by atoms with Crippen LogP contribution in [0.25, 0.3) is 11.0 Å². The van der Waals surface area contributed by atoms with E-state index in [2.05, 4.69) is 0 Å². The van der Waals surface area contributed by atoms with Gasteiger partial charge in [0.2, 0.25) is 0 Å². The third kappa shape index (κ3) is 3.45. The maximum atomic E-state index is 12.3. The van der Waals surface area contributed by atoms with E-state index in [9.17, 15) is 18.0 Å². The summed E-state index contributed by atoms with van der Waals surface area (Å²) in [5.41, 5.74) is 0.640. The molecule has 1 N–H and O–H groups in total. The van der Waals surface area contributed by atoms with Gasteiger partial charge in [-0.15, -0.1) is 0 Å². The number of hydrogen-bond donors (Lipinski definition) is 1. The first-order valence-electron chi connectivity index (χ1n) is 7.56. The molecule has 2 aromatic carbocycles. The van der Waals surface area contributed by atoms with Gasteiger partial charge in [-0.3, -0.25) is 9.59 Å². The summed E-state index contributed by atoms with van der Waals surface area (Å²) in [5, 5.41) is 0.319. The van der Waals surface area contributed by atoms with Gasteiger partial charge in [0.15, 0.2) is 11.2 Å². The highest BCUT2D eigenvalue weighted by atomic mass is 32.2. The van der Waals surface area contributed by atoms with E-state index in [0.29, 0.717) is 11.1 Å². The maximum Gasteiger partial charge on any atom is 0.300 e. The first-order chi connectivity index (χ1) is 12.3. The minimum atomic E-state index is -4.12. The van der Waals surface area contributed by atoms with E-state index >= 15 is 0 Å². The number of methoxy groups -OCH3 is 1. The number of aryl methyl sites for hydroxylation is 1. The molecule has 0 aliphatic carbocycles. The summed E-state index contributed by atoms with van der Waals surface area (Å²) in [6.45, 7) is 1.82. The van der Waals surface area contributed by atoms with Crippen LogP contribution in [0, 0.1) is 6.92 Å². The Hall–Kier alpha value is -3.13. The van der Waals surface area contributed by atoms with Crippen molar-refractivity contribution in [1.29, 1.82) is 0 Å². The number of carbonyl (C=O) groups excluding carboxylic acids is 1. The fourth-order valence-corrected chi connectivity index (χ4v) is 3.33. The topological polar surface area (TPSA) is 103 Å². The van der Waals surface area contributed by atoms with Gasteiger partial charge in [0.05, 0.1) is 17.4 Å². The van der Waals surface area contributed by atoms with E-state index in [-0.39, 0.29) is 16.2 Å². The van der Waals surface area contributed by atoms with Crippen molar-refractivity contribution >= 4 is 26.9 Å². The summed E-state index contributed by atoms with van der Waals surface area (Å²) in [4.78, 5) is 24.3. The van der Waals surface area contributed by atoms with Crippen LogP contribution >= 0.6 is 0 Å². The van der Waals surface area contributed by atoms with Crippen LogP contribution in [0.5, 0.6) is 5.75 Å². The fourth-order valence-electron chi connectivity index (χ4n) is 2.37. The molecule has 0 unspecified atom stereocenters.